The van der Waals surface area contributed by atoms with Crippen LogP contribution in [0.15, 0.2) is 30.3 Å². The Labute approximate surface area is 129 Å². The van der Waals surface area contributed by atoms with E-state index in [1.807, 2.05) is 20.9 Å². The fourth-order valence-corrected chi connectivity index (χ4v) is 2.61. The molecule has 0 saturated carbocycles. The Morgan fingerprint density at radius 2 is 1.86 bits per heavy atom. The van der Waals surface area contributed by atoms with E-state index in [1.165, 1.54) is 11.6 Å². The zero-order chi connectivity index (χ0) is 15.4. The first-order chi connectivity index (χ1) is 10.0. The standard InChI is InChI=1S/C17H19ClFNO/c1-11-7-13(9-20-3)8-12(2)17(11)21-10-14-15(18)5-4-6-16(14)19/h4-8,20H,9-10H2,1-3H3. The van der Waals surface area contributed by atoms with Gasteiger partial charge in [0.15, 0.2) is 0 Å². The first kappa shape index (κ1) is 15.8. The van der Waals surface area contributed by atoms with Crippen LogP contribution < -0.4 is 10.1 Å². The molecule has 0 radical (unpaired) electrons. The summed E-state index contributed by atoms with van der Waals surface area (Å²) < 4.78 is 19.5. The fourth-order valence-electron chi connectivity index (χ4n) is 2.39. The maximum atomic E-state index is 13.7. The second-order valence-electron chi connectivity index (χ2n) is 5.08. The van der Waals surface area contributed by atoms with Gasteiger partial charge >= 0.3 is 0 Å². The van der Waals surface area contributed by atoms with Crippen molar-refractivity contribution in [2.75, 3.05) is 7.05 Å². The van der Waals surface area contributed by atoms with Crippen molar-refractivity contribution in [3.63, 3.8) is 0 Å². The van der Waals surface area contributed by atoms with Gasteiger partial charge in [0.1, 0.15) is 18.2 Å². The Morgan fingerprint density at radius 1 is 1.19 bits per heavy atom. The number of hydrogen-bond acceptors (Lipinski definition) is 2. The molecule has 0 spiro atoms. The van der Waals surface area contributed by atoms with Gasteiger partial charge in [-0.2, -0.15) is 0 Å². The minimum atomic E-state index is -0.343. The van der Waals surface area contributed by atoms with Crippen molar-refractivity contribution in [1.29, 1.82) is 0 Å². The van der Waals surface area contributed by atoms with Gasteiger partial charge in [0.25, 0.3) is 0 Å². The molecule has 0 saturated heterocycles. The lowest BCUT2D eigenvalue weighted by molar-refractivity contribution is 0.296. The molecule has 0 fully saturated rings. The van der Waals surface area contributed by atoms with Crippen LogP contribution in [0.25, 0.3) is 0 Å². The van der Waals surface area contributed by atoms with E-state index in [0.29, 0.717) is 10.6 Å². The SMILES string of the molecule is CNCc1cc(C)c(OCc2c(F)cccc2Cl)c(C)c1. The van der Waals surface area contributed by atoms with Gasteiger partial charge in [0.2, 0.25) is 0 Å². The van der Waals surface area contributed by atoms with Gasteiger partial charge in [-0.15, -0.1) is 0 Å². The summed E-state index contributed by atoms with van der Waals surface area (Å²) in [6, 6.07) is 8.78. The van der Waals surface area contributed by atoms with Crippen molar-refractivity contribution in [3.05, 3.63) is 63.4 Å². The average Bonchev–Trinajstić information content (AvgIpc) is 2.41. The minimum Gasteiger partial charge on any atom is -0.488 e. The van der Waals surface area contributed by atoms with Gasteiger partial charge in [-0.25, -0.2) is 4.39 Å². The summed E-state index contributed by atoms with van der Waals surface area (Å²) in [7, 11) is 1.91. The lowest BCUT2D eigenvalue weighted by Gasteiger charge is -2.15. The van der Waals surface area contributed by atoms with Crippen molar-refractivity contribution in [2.45, 2.75) is 27.0 Å². The molecule has 0 amide bonds. The van der Waals surface area contributed by atoms with Crippen LogP contribution in [-0.2, 0) is 13.2 Å². The smallest absolute Gasteiger partial charge is 0.131 e. The third-order valence-corrected chi connectivity index (χ3v) is 3.68. The molecule has 2 aromatic carbocycles. The molecule has 112 valence electrons. The van der Waals surface area contributed by atoms with E-state index in [-0.39, 0.29) is 12.4 Å². The van der Waals surface area contributed by atoms with Crippen molar-refractivity contribution in [2.24, 2.45) is 0 Å². The molecule has 2 rings (SSSR count). The van der Waals surface area contributed by atoms with E-state index in [4.69, 9.17) is 16.3 Å². The number of rotatable bonds is 5. The summed E-state index contributed by atoms with van der Waals surface area (Å²) >= 11 is 6.01. The summed E-state index contributed by atoms with van der Waals surface area (Å²) in [4.78, 5) is 0. The summed E-state index contributed by atoms with van der Waals surface area (Å²) in [5, 5.41) is 3.51. The van der Waals surface area contributed by atoms with Crippen LogP contribution in [0.2, 0.25) is 5.02 Å². The summed E-state index contributed by atoms with van der Waals surface area (Å²) in [6.45, 7) is 4.91. The number of ether oxygens (including phenoxy) is 1. The largest absolute Gasteiger partial charge is 0.488 e. The molecular weight excluding hydrogens is 289 g/mol. The first-order valence-electron chi connectivity index (χ1n) is 6.83. The Morgan fingerprint density at radius 3 is 2.43 bits per heavy atom. The van der Waals surface area contributed by atoms with Gasteiger partial charge in [-0.1, -0.05) is 29.8 Å². The normalized spacial score (nSPS) is 10.7. The van der Waals surface area contributed by atoms with Crippen molar-refractivity contribution < 1.29 is 9.13 Å². The second-order valence-corrected chi connectivity index (χ2v) is 5.49. The zero-order valence-corrected chi connectivity index (χ0v) is 13.2. The average molecular weight is 308 g/mol. The highest BCUT2D eigenvalue weighted by Crippen LogP contribution is 2.27. The molecule has 4 heteroatoms. The molecule has 0 atom stereocenters. The highest BCUT2D eigenvalue weighted by molar-refractivity contribution is 6.31. The summed E-state index contributed by atoms with van der Waals surface area (Å²) in [5.74, 6) is 0.443. The van der Waals surface area contributed by atoms with Gasteiger partial charge < -0.3 is 10.1 Å². The van der Waals surface area contributed by atoms with Crippen LogP contribution >= 0.6 is 11.6 Å². The highest BCUT2D eigenvalue weighted by atomic mass is 35.5. The molecule has 0 unspecified atom stereocenters. The molecule has 2 aromatic rings. The van der Waals surface area contributed by atoms with Crippen LogP contribution in [0.1, 0.15) is 22.3 Å². The van der Waals surface area contributed by atoms with Crippen molar-refractivity contribution in [1.82, 2.24) is 5.32 Å². The topological polar surface area (TPSA) is 21.3 Å². The highest BCUT2D eigenvalue weighted by Gasteiger charge is 2.11. The molecule has 2 nitrogen and oxygen atoms in total. The molecule has 0 bridgehead atoms. The van der Waals surface area contributed by atoms with Crippen LogP contribution in [0.3, 0.4) is 0 Å². The fraction of sp³-hybridized carbons (Fsp3) is 0.294. The number of hydrogen-bond donors (Lipinski definition) is 1. The maximum Gasteiger partial charge on any atom is 0.131 e. The Hall–Kier alpha value is -1.58. The van der Waals surface area contributed by atoms with E-state index in [0.717, 1.165) is 23.4 Å². The van der Waals surface area contributed by atoms with E-state index in [9.17, 15) is 4.39 Å². The Kier molecular flexibility index (Phi) is 5.21. The number of aryl methyl sites for hydroxylation is 2. The predicted molar refractivity (Wildman–Crippen MR) is 84.4 cm³/mol. The Balaban J connectivity index is 2.21. The monoisotopic (exact) mass is 307 g/mol. The number of halogens is 2. The maximum absolute atomic E-state index is 13.7. The zero-order valence-electron chi connectivity index (χ0n) is 12.5. The molecule has 0 aromatic heterocycles. The van der Waals surface area contributed by atoms with Crippen LogP contribution in [0, 0.1) is 19.7 Å². The molecule has 0 aliphatic rings. The van der Waals surface area contributed by atoms with Gasteiger partial charge in [0.05, 0.1) is 5.02 Å². The molecule has 0 aliphatic carbocycles. The Bertz CT molecular complexity index is 599. The van der Waals surface area contributed by atoms with E-state index >= 15 is 0 Å². The van der Waals surface area contributed by atoms with Crippen molar-refractivity contribution >= 4 is 11.6 Å². The lowest BCUT2D eigenvalue weighted by atomic mass is 10.1. The van der Waals surface area contributed by atoms with E-state index < -0.39 is 0 Å². The third-order valence-electron chi connectivity index (χ3n) is 3.32. The third kappa shape index (κ3) is 3.74. The molecule has 0 heterocycles. The minimum absolute atomic E-state index is 0.124. The molecule has 1 N–H and O–H groups in total. The second kappa shape index (κ2) is 6.92. The van der Waals surface area contributed by atoms with Crippen molar-refractivity contribution in [3.8, 4) is 5.75 Å². The summed E-state index contributed by atoms with van der Waals surface area (Å²) in [6.07, 6.45) is 0. The molecule has 21 heavy (non-hydrogen) atoms. The van der Waals surface area contributed by atoms with Crippen LogP contribution in [0.5, 0.6) is 5.75 Å². The number of nitrogens with one attached hydrogen (secondary N) is 1. The van der Waals surface area contributed by atoms with E-state index in [2.05, 4.69) is 17.4 Å². The van der Waals surface area contributed by atoms with E-state index in [1.54, 1.807) is 12.1 Å². The lowest BCUT2D eigenvalue weighted by Crippen LogP contribution is -2.07. The summed E-state index contributed by atoms with van der Waals surface area (Å²) in [5.41, 5.74) is 3.65. The van der Waals surface area contributed by atoms with Crippen LogP contribution in [-0.4, -0.2) is 7.05 Å². The molecule has 0 aliphatic heterocycles. The number of benzene rings is 2. The van der Waals surface area contributed by atoms with Gasteiger partial charge in [-0.3, -0.25) is 0 Å². The van der Waals surface area contributed by atoms with Gasteiger partial charge in [-0.05, 0) is 49.7 Å². The quantitative estimate of drug-likeness (QED) is 0.884. The van der Waals surface area contributed by atoms with Crippen LogP contribution in [0.4, 0.5) is 4.39 Å². The van der Waals surface area contributed by atoms with Gasteiger partial charge in [0, 0.05) is 12.1 Å². The first-order valence-corrected chi connectivity index (χ1v) is 7.21. The predicted octanol–water partition coefficient (Wildman–Crippen LogP) is 4.39. The molecular formula is C17H19ClFNO.